The molecule has 1 aromatic heterocycles. The second-order valence-corrected chi connectivity index (χ2v) is 4.73. The van der Waals surface area contributed by atoms with E-state index in [1.165, 1.54) is 0 Å². The van der Waals surface area contributed by atoms with Gasteiger partial charge in [0.15, 0.2) is 0 Å². The van der Waals surface area contributed by atoms with Gasteiger partial charge in [0, 0.05) is 18.3 Å². The van der Waals surface area contributed by atoms with E-state index < -0.39 is 6.09 Å². The molecular weight excluding hydrogens is 228 g/mol. The number of nitrogens with zero attached hydrogens (tertiary/aromatic N) is 2. The van der Waals surface area contributed by atoms with Crippen LogP contribution in [-0.2, 0) is 0 Å². The van der Waals surface area contributed by atoms with E-state index in [0.717, 1.165) is 30.2 Å². The van der Waals surface area contributed by atoms with Crippen LogP contribution >= 0.6 is 0 Å². The zero-order valence-corrected chi connectivity index (χ0v) is 10.1. The first-order valence-corrected chi connectivity index (χ1v) is 6.32. The average molecular weight is 244 g/mol. The standard InChI is InChI=1S/C14H16N2O2/c17-14(18)16-9-4-3-7-13(16)15-10-8-11-5-1-2-6-12(11)15/h1-2,5-6,8,10,13H,3-4,7,9H2,(H,17,18). The number of carboxylic acid groups (broad SMARTS) is 1. The quantitative estimate of drug-likeness (QED) is 0.836. The molecule has 0 bridgehead atoms. The van der Waals surface area contributed by atoms with Gasteiger partial charge >= 0.3 is 6.09 Å². The molecule has 18 heavy (non-hydrogen) atoms. The molecule has 1 aromatic carbocycles. The predicted octanol–water partition coefficient (Wildman–Crippen LogP) is 3.30. The van der Waals surface area contributed by atoms with E-state index in [1.807, 2.05) is 30.5 Å². The Balaban J connectivity index is 2.04. The molecule has 4 heteroatoms. The fraction of sp³-hybridized carbons (Fsp3) is 0.357. The maximum Gasteiger partial charge on any atom is 0.408 e. The summed E-state index contributed by atoms with van der Waals surface area (Å²) in [5, 5.41) is 10.5. The maximum absolute atomic E-state index is 11.3. The largest absolute Gasteiger partial charge is 0.465 e. The predicted molar refractivity (Wildman–Crippen MR) is 69.6 cm³/mol. The molecule has 0 radical (unpaired) electrons. The van der Waals surface area contributed by atoms with Gasteiger partial charge in [0.05, 0.1) is 0 Å². The lowest BCUT2D eigenvalue weighted by atomic mass is 10.1. The Labute approximate surface area is 105 Å². The minimum atomic E-state index is -0.822. The van der Waals surface area contributed by atoms with Crippen LogP contribution in [0.3, 0.4) is 0 Å². The number of aromatic nitrogens is 1. The number of hydrogen-bond donors (Lipinski definition) is 1. The first-order valence-electron chi connectivity index (χ1n) is 6.32. The van der Waals surface area contributed by atoms with E-state index in [0.29, 0.717) is 6.54 Å². The van der Waals surface area contributed by atoms with Crippen molar-refractivity contribution in [2.75, 3.05) is 6.54 Å². The molecule has 1 fully saturated rings. The Morgan fingerprint density at radius 3 is 2.89 bits per heavy atom. The Bertz CT molecular complexity index is 576. The van der Waals surface area contributed by atoms with E-state index in [2.05, 4.69) is 10.6 Å². The molecule has 1 amide bonds. The number of amides is 1. The van der Waals surface area contributed by atoms with Gasteiger partial charge in [-0.1, -0.05) is 18.2 Å². The summed E-state index contributed by atoms with van der Waals surface area (Å²) in [5.74, 6) is 0. The summed E-state index contributed by atoms with van der Waals surface area (Å²) in [5.41, 5.74) is 1.11. The molecule has 3 rings (SSSR count). The van der Waals surface area contributed by atoms with Crippen LogP contribution < -0.4 is 0 Å². The SMILES string of the molecule is O=C(O)N1CCCCC1n1ccc2ccccc21. The third-order valence-electron chi connectivity index (χ3n) is 3.67. The molecule has 1 N–H and O–H groups in total. The summed E-state index contributed by atoms with van der Waals surface area (Å²) in [7, 11) is 0. The molecule has 0 spiro atoms. The van der Waals surface area contributed by atoms with Crippen LogP contribution in [0.1, 0.15) is 25.4 Å². The highest BCUT2D eigenvalue weighted by atomic mass is 16.4. The van der Waals surface area contributed by atoms with E-state index in [4.69, 9.17) is 0 Å². The molecule has 4 nitrogen and oxygen atoms in total. The second kappa shape index (κ2) is 4.37. The van der Waals surface area contributed by atoms with Gasteiger partial charge in [0.25, 0.3) is 0 Å². The Morgan fingerprint density at radius 1 is 1.22 bits per heavy atom. The van der Waals surface area contributed by atoms with Gasteiger partial charge in [-0.15, -0.1) is 0 Å². The topological polar surface area (TPSA) is 45.5 Å². The second-order valence-electron chi connectivity index (χ2n) is 4.73. The van der Waals surface area contributed by atoms with Gasteiger partial charge in [-0.2, -0.15) is 0 Å². The van der Waals surface area contributed by atoms with Crippen molar-refractivity contribution < 1.29 is 9.90 Å². The molecule has 2 aromatic rings. The van der Waals surface area contributed by atoms with Crippen LogP contribution in [0.5, 0.6) is 0 Å². The van der Waals surface area contributed by atoms with Crippen LogP contribution in [0.2, 0.25) is 0 Å². The van der Waals surface area contributed by atoms with E-state index in [1.54, 1.807) is 4.90 Å². The Kier molecular flexibility index (Phi) is 2.70. The third-order valence-corrected chi connectivity index (χ3v) is 3.67. The first kappa shape index (κ1) is 11.1. The Morgan fingerprint density at radius 2 is 2.06 bits per heavy atom. The van der Waals surface area contributed by atoms with E-state index in [-0.39, 0.29) is 6.17 Å². The fourth-order valence-corrected chi connectivity index (χ4v) is 2.79. The molecule has 2 heterocycles. The molecule has 94 valence electrons. The normalized spacial score (nSPS) is 20.2. The average Bonchev–Trinajstić information content (AvgIpc) is 2.82. The van der Waals surface area contributed by atoms with Crippen molar-refractivity contribution in [2.45, 2.75) is 25.4 Å². The highest BCUT2D eigenvalue weighted by Gasteiger charge is 2.27. The van der Waals surface area contributed by atoms with Gasteiger partial charge in [0.1, 0.15) is 6.17 Å². The zero-order valence-electron chi connectivity index (χ0n) is 10.1. The zero-order chi connectivity index (χ0) is 12.5. The highest BCUT2D eigenvalue weighted by Crippen LogP contribution is 2.29. The molecule has 1 aliphatic heterocycles. The summed E-state index contributed by atoms with van der Waals surface area (Å²) < 4.78 is 2.09. The number of carbonyl (C=O) groups is 1. The number of hydrogen-bond acceptors (Lipinski definition) is 1. The number of para-hydroxylation sites is 1. The molecular formula is C14H16N2O2. The van der Waals surface area contributed by atoms with Gasteiger partial charge in [-0.05, 0) is 36.8 Å². The molecule has 1 atom stereocenters. The van der Waals surface area contributed by atoms with Crippen LogP contribution in [0.4, 0.5) is 4.79 Å². The van der Waals surface area contributed by atoms with Crippen molar-refractivity contribution in [1.29, 1.82) is 0 Å². The lowest BCUT2D eigenvalue weighted by molar-refractivity contribution is 0.0814. The minimum Gasteiger partial charge on any atom is -0.465 e. The first-order chi connectivity index (χ1) is 8.77. The number of rotatable bonds is 1. The minimum absolute atomic E-state index is 0.0591. The molecule has 1 unspecified atom stereocenters. The number of piperidine rings is 1. The van der Waals surface area contributed by atoms with Crippen LogP contribution in [0, 0.1) is 0 Å². The van der Waals surface area contributed by atoms with Crippen molar-refractivity contribution in [1.82, 2.24) is 9.47 Å². The maximum atomic E-state index is 11.3. The lowest BCUT2D eigenvalue weighted by Gasteiger charge is -2.34. The summed E-state index contributed by atoms with van der Waals surface area (Å²) in [4.78, 5) is 12.9. The Hall–Kier alpha value is -1.97. The van der Waals surface area contributed by atoms with Crippen molar-refractivity contribution in [3.63, 3.8) is 0 Å². The molecule has 0 saturated carbocycles. The lowest BCUT2D eigenvalue weighted by Crippen LogP contribution is -2.40. The van der Waals surface area contributed by atoms with E-state index in [9.17, 15) is 9.90 Å². The molecule has 1 saturated heterocycles. The van der Waals surface area contributed by atoms with Crippen molar-refractivity contribution in [2.24, 2.45) is 0 Å². The van der Waals surface area contributed by atoms with Crippen LogP contribution in [0.15, 0.2) is 36.5 Å². The summed E-state index contributed by atoms with van der Waals surface area (Å²) in [6, 6.07) is 10.1. The summed E-state index contributed by atoms with van der Waals surface area (Å²) in [6.45, 7) is 0.631. The summed E-state index contributed by atoms with van der Waals surface area (Å²) in [6.07, 6.45) is 4.05. The molecule has 1 aliphatic rings. The van der Waals surface area contributed by atoms with Gasteiger partial charge in [-0.3, -0.25) is 4.90 Å². The monoisotopic (exact) mass is 244 g/mol. The van der Waals surface area contributed by atoms with E-state index >= 15 is 0 Å². The third kappa shape index (κ3) is 1.74. The highest BCUT2D eigenvalue weighted by molar-refractivity contribution is 5.80. The smallest absolute Gasteiger partial charge is 0.408 e. The van der Waals surface area contributed by atoms with Gasteiger partial charge in [0.2, 0.25) is 0 Å². The number of likely N-dealkylation sites (tertiary alicyclic amines) is 1. The van der Waals surface area contributed by atoms with Crippen molar-refractivity contribution in [3.05, 3.63) is 36.5 Å². The van der Waals surface area contributed by atoms with Crippen LogP contribution in [0.25, 0.3) is 10.9 Å². The van der Waals surface area contributed by atoms with Crippen molar-refractivity contribution >= 4 is 17.0 Å². The number of benzene rings is 1. The van der Waals surface area contributed by atoms with Crippen molar-refractivity contribution in [3.8, 4) is 0 Å². The molecule has 0 aliphatic carbocycles. The van der Waals surface area contributed by atoms with Crippen LogP contribution in [-0.4, -0.2) is 27.2 Å². The summed E-state index contributed by atoms with van der Waals surface area (Å²) >= 11 is 0. The van der Waals surface area contributed by atoms with Gasteiger partial charge < -0.3 is 9.67 Å². The number of fused-ring (bicyclic) bond motifs is 1. The fourth-order valence-electron chi connectivity index (χ4n) is 2.79. The van der Waals surface area contributed by atoms with Gasteiger partial charge in [-0.25, -0.2) is 4.79 Å².